The molecule has 1 N–H and O–H groups in total. The molecule has 0 spiro atoms. The van der Waals surface area contributed by atoms with Crippen molar-refractivity contribution in [1.29, 1.82) is 0 Å². The molecule has 148 valence electrons. The van der Waals surface area contributed by atoms with E-state index >= 15 is 0 Å². The zero-order valence-corrected chi connectivity index (χ0v) is 16.1. The van der Waals surface area contributed by atoms with Gasteiger partial charge >= 0.3 is 11.6 Å². The summed E-state index contributed by atoms with van der Waals surface area (Å²) in [4.78, 5) is 41.2. The van der Waals surface area contributed by atoms with E-state index in [1.54, 1.807) is 19.1 Å². The van der Waals surface area contributed by atoms with Crippen LogP contribution >= 0.6 is 11.3 Å². The van der Waals surface area contributed by atoms with Crippen molar-refractivity contribution in [2.75, 3.05) is 5.43 Å². The van der Waals surface area contributed by atoms with E-state index in [-0.39, 0.29) is 23.6 Å². The molecule has 4 aromatic heterocycles. The fourth-order valence-electron chi connectivity index (χ4n) is 2.77. The second-order valence-electron chi connectivity index (χ2n) is 6.24. The summed E-state index contributed by atoms with van der Waals surface area (Å²) in [5.74, 6) is 0.0723. The number of thiophene rings is 1. The molecule has 0 unspecified atom stereocenters. The third-order valence-corrected chi connectivity index (χ3v) is 5.05. The van der Waals surface area contributed by atoms with Gasteiger partial charge in [-0.15, -0.1) is 11.3 Å². The van der Waals surface area contributed by atoms with Crippen LogP contribution in [0.25, 0.3) is 10.2 Å². The molecule has 0 aliphatic heterocycles. The van der Waals surface area contributed by atoms with E-state index in [0.29, 0.717) is 21.8 Å². The van der Waals surface area contributed by atoms with E-state index in [9.17, 15) is 19.7 Å². The molecule has 1 amide bonds. The van der Waals surface area contributed by atoms with Crippen LogP contribution in [0.4, 0.5) is 5.69 Å². The first-order chi connectivity index (χ1) is 13.8. The van der Waals surface area contributed by atoms with Crippen molar-refractivity contribution in [2.24, 2.45) is 0 Å². The van der Waals surface area contributed by atoms with E-state index in [2.05, 4.69) is 15.5 Å². The number of furan rings is 1. The number of carbonyl (C=O) groups excluding carboxylic acids is 1. The molecule has 0 saturated heterocycles. The molecule has 4 aromatic rings. The number of hydrogen-bond donors (Lipinski definition) is 1. The molecule has 0 bridgehead atoms. The molecule has 4 rings (SSSR count). The summed E-state index contributed by atoms with van der Waals surface area (Å²) < 4.78 is 7.89. The first kappa shape index (κ1) is 18.6. The van der Waals surface area contributed by atoms with E-state index in [0.717, 1.165) is 15.8 Å². The zero-order valence-electron chi connectivity index (χ0n) is 15.3. The number of hydrogen-bond acceptors (Lipinski definition) is 8. The molecule has 0 atom stereocenters. The molecule has 0 aliphatic rings. The predicted octanol–water partition coefficient (Wildman–Crippen LogP) is 2.20. The Hall–Kier alpha value is -3.80. The van der Waals surface area contributed by atoms with Crippen molar-refractivity contribution in [3.63, 3.8) is 0 Å². The Morgan fingerprint density at radius 1 is 1.38 bits per heavy atom. The Balaban J connectivity index is 1.54. The topological polar surface area (TPSA) is 138 Å². The molecule has 0 aromatic carbocycles. The molecular weight excluding hydrogens is 400 g/mol. The van der Waals surface area contributed by atoms with Gasteiger partial charge in [0.05, 0.1) is 16.9 Å². The number of fused-ring (bicyclic) bond motifs is 1. The van der Waals surface area contributed by atoms with Crippen LogP contribution in [0.1, 0.15) is 27.0 Å². The zero-order chi connectivity index (χ0) is 20.7. The van der Waals surface area contributed by atoms with Gasteiger partial charge in [-0.2, -0.15) is 5.10 Å². The number of rotatable bonds is 5. The van der Waals surface area contributed by atoms with Crippen molar-refractivity contribution in [1.82, 2.24) is 19.4 Å². The molecular formula is C17H14N6O5S. The van der Waals surface area contributed by atoms with Gasteiger partial charge in [-0.25, -0.2) is 9.66 Å². The Labute approximate surface area is 166 Å². The van der Waals surface area contributed by atoms with Crippen LogP contribution in [0.15, 0.2) is 39.8 Å². The normalized spacial score (nSPS) is 11.1. The van der Waals surface area contributed by atoms with E-state index in [1.165, 1.54) is 28.3 Å². The number of nitro groups is 1. The van der Waals surface area contributed by atoms with E-state index in [4.69, 9.17) is 4.42 Å². The van der Waals surface area contributed by atoms with Crippen LogP contribution < -0.4 is 11.0 Å². The Kier molecular flexibility index (Phi) is 4.47. The highest BCUT2D eigenvalue weighted by molar-refractivity contribution is 7.18. The summed E-state index contributed by atoms with van der Waals surface area (Å²) in [6.07, 6.45) is 2.38. The maximum Gasteiger partial charge on any atom is 0.307 e. The molecule has 0 aliphatic carbocycles. The molecule has 4 heterocycles. The van der Waals surface area contributed by atoms with Crippen LogP contribution in [-0.4, -0.2) is 30.3 Å². The van der Waals surface area contributed by atoms with Gasteiger partial charge in [-0.1, -0.05) is 0 Å². The molecule has 11 nitrogen and oxygen atoms in total. The second kappa shape index (κ2) is 6.98. The Morgan fingerprint density at radius 3 is 2.90 bits per heavy atom. The van der Waals surface area contributed by atoms with E-state index < -0.39 is 10.8 Å². The molecule has 12 heteroatoms. The second-order valence-corrected chi connectivity index (χ2v) is 7.47. The maximum atomic E-state index is 12.7. The summed E-state index contributed by atoms with van der Waals surface area (Å²) in [7, 11) is 0. The van der Waals surface area contributed by atoms with Gasteiger partial charge in [-0.05, 0) is 32.0 Å². The van der Waals surface area contributed by atoms with Crippen molar-refractivity contribution in [2.45, 2.75) is 20.4 Å². The van der Waals surface area contributed by atoms with Crippen LogP contribution in [0.3, 0.4) is 0 Å². The van der Waals surface area contributed by atoms with Crippen LogP contribution in [0, 0.1) is 24.0 Å². The SMILES string of the molecule is Cc1cc2c(=O)n(NC(=O)c3ccc(Cn4cc([N+](=O)[O-])cn4)o3)c(C)nc2s1. The smallest absolute Gasteiger partial charge is 0.307 e. The number of nitrogens with zero attached hydrogens (tertiary/aromatic N) is 5. The summed E-state index contributed by atoms with van der Waals surface area (Å²) in [5.41, 5.74) is 1.98. The van der Waals surface area contributed by atoms with Crippen LogP contribution in [0.5, 0.6) is 0 Å². The van der Waals surface area contributed by atoms with Gasteiger partial charge in [0, 0.05) is 4.88 Å². The third-order valence-electron chi connectivity index (χ3n) is 4.10. The lowest BCUT2D eigenvalue weighted by Crippen LogP contribution is -2.35. The average molecular weight is 414 g/mol. The number of aryl methyl sites for hydroxylation is 2. The van der Waals surface area contributed by atoms with Gasteiger partial charge in [0.25, 0.3) is 5.56 Å². The van der Waals surface area contributed by atoms with Crippen LogP contribution in [0.2, 0.25) is 0 Å². The average Bonchev–Trinajstić information content (AvgIpc) is 3.38. The minimum Gasteiger partial charge on any atom is -0.454 e. The first-order valence-corrected chi connectivity index (χ1v) is 9.20. The fourth-order valence-corrected chi connectivity index (χ4v) is 3.68. The van der Waals surface area contributed by atoms with Gasteiger partial charge in [0.15, 0.2) is 5.76 Å². The van der Waals surface area contributed by atoms with Gasteiger partial charge < -0.3 is 4.42 Å². The van der Waals surface area contributed by atoms with Crippen molar-refractivity contribution in [3.05, 3.63) is 73.3 Å². The highest BCUT2D eigenvalue weighted by Gasteiger charge is 2.17. The maximum absolute atomic E-state index is 12.7. The van der Waals surface area contributed by atoms with Crippen molar-refractivity contribution >= 4 is 33.1 Å². The number of nitrogens with one attached hydrogen (secondary N) is 1. The van der Waals surface area contributed by atoms with Crippen LogP contribution in [-0.2, 0) is 6.54 Å². The lowest BCUT2D eigenvalue weighted by Gasteiger charge is -2.09. The van der Waals surface area contributed by atoms with Gasteiger partial charge in [0.2, 0.25) is 0 Å². The quantitative estimate of drug-likeness (QED) is 0.390. The first-order valence-electron chi connectivity index (χ1n) is 8.38. The van der Waals surface area contributed by atoms with Crippen molar-refractivity contribution < 1.29 is 14.1 Å². The molecule has 29 heavy (non-hydrogen) atoms. The summed E-state index contributed by atoms with van der Waals surface area (Å²) >= 11 is 1.41. The van der Waals surface area contributed by atoms with Gasteiger partial charge in [-0.3, -0.25) is 29.8 Å². The Bertz CT molecular complexity index is 1310. The largest absolute Gasteiger partial charge is 0.454 e. The highest BCUT2D eigenvalue weighted by Crippen LogP contribution is 2.20. The third kappa shape index (κ3) is 3.52. The molecule has 0 saturated carbocycles. The van der Waals surface area contributed by atoms with E-state index in [1.807, 2.05) is 6.92 Å². The lowest BCUT2D eigenvalue weighted by atomic mass is 10.3. The standard InChI is InChI=1S/C17H14N6O5S/c1-9-5-13-16(29-9)19-10(2)22(17(13)25)20-15(24)14-4-3-12(28-14)8-21-7-11(6-18-21)23(26)27/h3-7H,8H2,1-2H3,(H,20,24). The summed E-state index contributed by atoms with van der Waals surface area (Å²) in [6, 6.07) is 4.73. The number of amides is 1. The summed E-state index contributed by atoms with van der Waals surface area (Å²) in [6.45, 7) is 3.61. The molecule has 0 fully saturated rings. The monoisotopic (exact) mass is 414 g/mol. The predicted molar refractivity (Wildman–Crippen MR) is 104 cm³/mol. The minimum atomic E-state index is -0.624. The number of carbonyl (C=O) groups is 1. The molecule has 0 radical (unpaired) electrons. The summed E-state index contributed by atoms with van der Waals surface area (Å²) in [5, 5.41) is 15.0. The minimum absolute atomic E-state index is 0.0189. The highest BCUT2D eigenvalue weighted by atomic mass is 32.1. The van der Waals surface area contributed by atoms with Crippen molar-refractivity contribution in [3.8, 4) is 0 Å². The Morgan fingerprint density at radius 2 is 2.17 bits per heavy atom. The lowest BCUT2D eigenvalue weighted by molar-refractivity contribution is -0.385. The number of aromatic nitrogens is 4. The van der Waals surface area contributed by atoms with Gasteiger partial charge in [0.1, 0.15) is 28.8 Å². The fraction of sp³-hybridized carbons (Fsp3) is 0.176.